The predicted octanol–water partition coefficient (Wildman–Crippen LogP) is 1.26. The topological polar surface area (TPSA) is 17.8 Å². The van der Waals surface area contributed by atoms with Crippen molar-refractivity contribution in [3.8, 4) is 0 Å². The summed E-state index contributed by atoms with van der Waals surface area (Å²) in [6.07, 6.45) is 4.45. The van der Waals surface area contributed by atoms with Gasteiger partial charge in [-0.25, -0.2) is 4.98 Å². The summed E-state index contributed by atoms with van der Waals surface area (Å²) in [5.41, 5.74) is 0. The molecule has 1 aromatic heterocycles. The van der Waals surface area contributed by atoms with Crippen LogP contribution >= 0.6 is 12.3 Å². The number of hydrogen-bond donors (Lipinski definition) is 0. The van der Waals surface area contributed by atoms with Gasteiger partial charge >= 0.3 is 0 Å². The minimum Gasteiger partial charge on any atom is -0.253 e. The lowest BCUT2D eigenvalue weighted by atomic mass is 11.0. The largest absolute Gasteiger partial charge is 0.253 e. The minimum absolute atomic E-state index is 0.130. The van der Waals surface area contributed by atoms with Crippen LogP contribution in [0.3, 0.4) is 0 Å². The van der Waals surface area contributed by atoms with E-state index in [1.54, 1.807) is 0 Å². The minimum atomic E-state index is 0.130. The third-order valence-corrected chi connectivity index (χ3v) is 0.935. The molecule has 0 saturated heterocycles. The normalized spacial score (nSPS) is 9.29. The van der Waals surface area contributed by atoms with Crippen LogP contribution in [0.1, 0.15) is 0 Å². The molecular formula is C3H3FN2S. The van der Waals surface area contributed by atoms with Gasteiger partial charge in [-0.1, -0.05) is 0 Å². The van der Waals surface area contributed by atoms with Crippen molar-refractivity contribution in [3.05, 3.63) is 18.7 Å². The van der Waals surface area contributed by atoms with E-state index in [4.69, 9.17) is 0 Å². The van der Waals surface area contributed by atoms with E-state index < -0.39 is 0 Å². The van der Waals surface area contributed by atoms with Gasteiger partial charge in [0.05, 0.1) is 0 Å². The number of aromatic nitrogens is 2. The highest BCUT2D eigenvalue weighted by Crippen LogP contribution is 2.02. The molecule has 0 atom stereocenters. The van der Waals surface area contributed by atoms with Crippen LogP contribution in [0.2, 0.25) is 0 Å². The maximum atomic E-state index is 11.4. The maximum Gasteiger partial charge on any atom is 0.170 e. The van der Waals surface area contributed by atoms with Gasteiger partial charge in [-0.2, -0.15) is 0 Å². The van der Waals surface area contributed by atoms with Crippen LogP contribution in [-0.2, 0) is 0 Å². The first-order valence-corrected chi connectivity index (χ1v) is 2.38. The average molecular weight is 118 g/mol. The number of rotatable bonds is 1. The molecular weight excluding hydrogens is 115 g/mol. The van der Waals surface area contributed by atoms with Crippen molar-refractivity contribution in [3.63, 3.8) is 0 Å². The molecule has 1 rings (SSSR count). The number of imidazole rings is 1. The second-order valence-corrected chi connectivity index (χ2v) is 1.55. The predicted molar refractivity (Wildman–Crippen MR) is 26.3 cm³/mol. The van der Waals surface area contributed by atoms with Crippen molar-refractivity contribution in [2.45, 2.75) is 0 Å². The second-order valence-electron chi connectivity index (χ2n) is 0.992. The Hall–Kier alpha value is -0.510. The Bertz CT molecular complexity index is 127. The van der Waals surface area contributed by atoms with Gasteiger partial charge in [-0.15, -0.1) is 3.89 Å². The summed E-state index contributed by atoms with van der Waals surface area (Å²) in [5.74, 6) is 0. The van der Waals surface area contributed by atoms with Gasteiger partial charge in [0.2, 0.25) is 0 Å². The van der Waals surface area contributed by atoms with Crippen LogP contribution in [0.25, 0.3) is 0 Å². The third kappa shape index (κ3) is 0.928. The van der Waals surface area contributed by atoms with Crippen molar-refractivity contribution in [2.24, 2.45) is 0 Å². The molecule has 4 heteroatoms. The van der Waals surface area contributed by atoms with E-state index in [1.165, 1.54) is 22.7 Å². The van der Waals surface area contributed by atoms with E-state index in [1.807, 2.05) is 0 Å². The Morgan fingerprint density at radius 2 is 2.57 bits per heavy atom. The first kappa shape index (κ1) is 4.64. The molecule has 0 unspecified atom stereocenters. The van der Waals surface area contributed by atoms with Gasteiger partial charge in [0.25, 0.3) is 0 Å². The monoisotopic (exact) mass is 118 g/mol. The Morgan fingerprint density at radius 1 is 1.71 bits per heavy atom. The molecule has 0 bridgehead atoms. The first-order valence-electron chi connectivity index (χ1n) is 1.70. The fraction of sp³-hybridized carbons (Fsp3) is 0. The Kier molecular flexibility index (Phi) is 1.31. The van der Waals surface area contributed by atoms with Crippen molar-refractivity contribution in [2.75, 3.05) is 0 Å². The molecule has 0 aromatic carbocycles. The molecule has 1 aromatic rings. The summed E-state index contributed by atoms with van der Waals surface area (Å²) >= 11 is 0.130. The van der Waals surface area contributed by atoms with Crippen LogP contribution < -0.4 is 0 Å². The smallest absolute Gasteiger partial charge is 0.170 e. The maximum absolute atomic E-state index is 11.4. The Balaban J connectivity index is 2.76. The highest BCUT2D eigenvalue weighted by atomic mass is 32.2. The Labute approximate surface area is 44.8 Å². The lowest BCUT2D eigenvalue weighted by molar-refractivity contribution is 0.915. The van der Waals surface area contributed by atoms with Crippen LogP contribution in [-0.4, -0.2) is 8.96 Å². The lowest BCUT2D eigenvalue weighted by Crippen LogP contribution is -1.70. The fourth-order valence-corrected chi connectivity index (χ4v) is 0.478. The van der Waals surface area contributed by atoms with Crippen LogP contribution in [0.5, 0.6) is 0 Å². The molecule has 1 heterocycles. The zero-order valence-corrected chi connectivity index (χ0v) is 4.23. The molecule has 0 amide bonds. The molecule has 0 aliphatic heterocycles. The highest BCUT2D eigenvalue weighted by Gasteiger charge is 1.82. The molecule has 0 saturated carbocycles. The highest BCUT2D eigenvalue weighted by molar-refractivity contribution is 7.92. The number of nitrogens with zero attached hydrogens (tertiary/aromatic N) is 2. The van der Waals surface area contributed by atoms with Crippen molar-refractivity contribution >= 4 is 12.3 Å². The second kappa shape index (κ2) is 1.97. The van der Waals surface area contributed by atoms with Crippen LogP contribution in [0.4, 0.5) is 3.89 Å². The summed E-state index contributed by atoms with van der Waals surface area (Å²) in [5, 5.41) is 0. The van der Waals surface area contributed by atoms with E-state index in [9.17, 15) is 3.89 Å². The summed E-state index contributed by atoms with van der Waals surface area (Å²) in [4.78, 5) is 3.60. The summed E-state index contributed by atoms with van der Waals surface area (Å²) in [7, 11) is 0. The molecule has 0 aliphatic carbocycles. The SMILES string of the molecule is FSn1ccnc1. The molecule has 0 fully saturated rings. The van der Waals surface area contributed by atoms with Gasteiger partial charge in [0.15, 0.2) is 12.3 Å². The lowest BCUT2D eigenvalue weighted by Gasteiger charge is -1.81. The molecule has 7 heavy (non-hydrogen) atoms. The zero-order valence-electron chi connectivity index (χ0n) is 3.41. The first-order chi connectivity index (χ1) is 3.43. The van der Waals surface area contributed by atoms with Gasteiger partial charge in [-0.3, -0.25) is 3.97 Å². The molecule has 0 N–H and O–H groups in total. The van der Waals surface area contributed by atoms with E-state index in [0.29, 0.717) is 0 Å². The van der Waals surface area contributed by atoms with Gasteiger partial charge in [0.1, 0.15) is 6.33 Å². The Morgan fingerprint density at radius 3 is 2.86 bits per heavy atom. The quantitative estimate of drug-likeness (QED) is 0.552. The number of hydrogen-bond acceptors (Lipinski definition) is 2. The third-order valence-electron chi connectivity index (χ3n) is 0.560. The average Bonchev–Trinajstić information content (AvgIpc) is 2.14. The van der Waals surface area contributed by atoms with Crippen molar-refractivity contribution < 1.29 is 3.89 Å². The molecule has 2 nitrogen and oxygen atoms in total. The van der Waals surface area contributed by atoms with Crippen molar-refractivity contribution in [1.82, 2.24) is 8.96 Å². The molecule has 0 spiro atoms. The van der Waals surface area contributed by atoms with Gasteiger partial charge < -0.3 is 0 Å². The summed E-state index contributed by atoms with van der Waals surface area (Å²) in [6.45, 7) is 0. The molecule has 0 aliphatic rings. The van der Waals surface area contributed by atoms with Crippen LogP contribution in [0, 0.1) is 0 Å². The zero-order chi connectivity index (χ0) is 5.11. The van der Waals surface area contributed by atoms with E-state index >= 15 is 0 Å². The van der Waals surface area contributed by atoms with E-state index in [-0.39, 0.29) is 12.3 Å². The standard InChI is InChI=1S/C3H3FN2S/c4-7-6-2-1-5-3-6/h1-3H. The van der Waals surface area contributed by atoms with Gasteiger partial charge in [-0.05, 0) is 0 Å². The van der Waals surface area contributed by atoms with Crippen LogP contribution in [0.15, 0.2) is 18.7 Å². The number of halogens is 1. The summed E-state index contributed by atoms with van der Waals surface area (Å²) < 4.78 is 12.7. The van der Waals surface area contributed by atoms with E-state index in [0.717, 1.165) is 0 Å². The molecule has 0 radical (unpaired) electrons. The van der Waals surface area contributed by atoms with E-state index in [2.05, 4.69) is 4.98 Å². The van der Waals surface area contributed by atoms with Gasteiger partial charge in [0, 0.05) is 12.4 Å². The van der Waals surface area contributed by atoms with Crippen molar-refractivity contribution in [1.29, 1.82) is 0 Å². The molecule has 38 valence electrons. The fourth-order valence-electron chi connectivity index (χ4n) is 0.288. The summed E-state index contributed by atoms with van der Waals surface area (Å²) in [6, 6.07) is 0.